The number of hydrazine groups is 1. The van der Waals surface area contributed by atoms with Gasteiger partial charge in [0.25, 0.3) is 0 Å². The Morgan fingerprint density at radius 1 is 0.905 bits per heavy atom. The Kier molecular flexibility index (Phi) is 4.50. The highest BCUT2D eigenvalue weighted by Gasteiger charge is 2.32. The van der Waals surface area contributed by atoms with Gasteiger partial charge in [-0.25, -0.2) is 0 Å². The van der Waals surface area contributed by atoms with Crippen LogP contribution in [0.2, 0.25) is 0 Å². The van der Waals surface area contributed by atoms with Crippen molar-refractivity contribution in [3.63, 3.8) is 0 Å². The largest absolute Gasteiger partial charge is 0.271 e. The van der Waals surface area contributed by atoms with Crippen LogP contribution in [0.25, 0.3) is 0 Å². The molecule has 1 atom stereocenters. The smallest absolute Gasteiger partial charge is 0.0553 e. The first kappa shape index (κ1) is 15.7. The third-order valence-corrected chi connectivity index (χ3v) is 4.60. The topological polar surface area (TPSA) is 38.0 Å². The molecule has 1 unspecified atom stereocenters. The molecule has 2 heteroatoms. The molecule has 0 aliphatic carbocycles. The Balaban J connectivity index is 2.51. The fourth-order valence-corrected chi connectivity index (χ4v) is 3.02. The Morgan fingerprint density at radius 3 is 2.05 bits per heavy atom. The van der Waals surface area contributed by atoms with Gasteiger partial charge in [-0.2, -0.15) is 0 Å². The van der Waals surface area contributed by atoms with Crippen LogP contribution in [0, 0.1) is 20.8 Å². The van der Waals surface area contributed by atoms with E-state index in [1.54, 1.807) is 0 Å². The molecule has 0 fully saturated rings. The number of rotatable bonds is 4. The molecule has 0 bridgehead atoms. The van der Waals surface area contributed by atoms with Crippen LogP contribution >= 0.6 is 0 Å². The molecule has 2 aromatic rings. The van der Waals surface area contributed by atoms with Gasteiger partial charge >= 0.3 is 0 Å². The van der Waals surface area contributed by atoms with Crippen LogP contribution in [0.4, 0.5) is 0 Å². The monoisotopic (exact) mass is 282 g/mol. The number of aryl methyl sites for hydroxylation is 3. The summed E-state index contributed by atoms with van der Waals surface area (Å²) >= 11 is 0. The number of nitrogens with two attached hydrogens (primary N) is 1. The van der Waals surface area contributed by atoms with Crippen LogP contribution in [0.1, 0.15) is 47.7 Å². The van der Waals surface area contributed by atoms with Gasteiger partial charge < -0.3 is 0 Å². The molecule has 0 aromatic heterocycles. The van der Waals surface area contributed by atoms with E-state index in [0.717, 1.165) is 0 Å². The second-order valence-corrected chi connectivity index (χ2v) is 6.48. The molecule has 0 radical (unpaired) electrons. The van der Waals surface area contributed by atoms with E-state index in [1.807, 2.05) is 6.07 Å². The molecule has 0 saturated heterocycles. The zero-order valence-electron chi connectivity index (χ0n) is 13.7. The lowest BCUT2D eigenvalue weighted by Gasteiger charge is -2.36. The van der Waals surface area contributed by atoms with E-state index >= 15 is 0 Å². The van der Waals surface area contributed by atoms with E-state index in [-0.39, 0.29) is 11.5 Å². The molecule has 3 N–H and O–H groups in total. The summed E-state index contributed by atoms with van der Waals surface area (Å²) in [6.07, 6.45) is 0. The molecular weight excluding hydrogens is 256 g/mol. The molecule has 112 valence electrons. The fraction of sp³-hybridized carbons (Fsp3) is 0.368. The quantitative estimate of drug-likeness (QED) is 0.654. The van der Waals surface area contributed by atoms with Crippen molar-refractivity contribution in [1.82, 2.24) is 5.43 Å². The summed E-state index contributed by atoms with van der Waals surface area (Å²) in [4.78, 5) is 0. The summed E-state index contributed by atoms with van der Waals surface area (Å²) in [5, 5.41) is 0. The van der Waals surface area contributed by atoms with E-state index in [1.165, 1.54) is 27.8 Å². The van der Waals surface area contributed by atoms with Crippen molar-refractivity contribution in [2.24, 2.45) is 5.84 Å². The highest BCUT2D eigenvalue weighted by Crippen LogP contribution is 2.38. The summed E-state index contributed by atoms with van der Waals surface area (Å²) in [5.74, 6) is 5.94. The Morgan fingerprint density at radius 2 is 1.48 bits per heavy atom. The van der Waals surface area contributed by atoms with Gasteiger partial charge in [0.2, 0.25) is 0 Å². The van der Waals surface area contributed by atoms with Crippen molar-refractivity contribution in [1.29, 1.82) is 0 Å². The lowest BCUT2D eigenvalue weighted by Crippen LogP contribution is -2.41. The number of nitrogens with one attached hydrogen (secondary N) is 1. The Hall–Kier alpha value is -1.64. The normalized spacial score (nSPS) is 13.2. The third-order valence-electron chi connectivity index (χ3n) is 4.60. The maximum absolute atomic E-state index is 5.94. The predicted molar refractivity (Wildman–Crippen MR) is 90.2 cm³/mol. The fourth-order valence-electron chi connectivity index (χ4n) is 3.02. The zero-order chi connectivity index (χ0) is 15.6. The van der Waals surface area contributed by atoms with Crippen molar-refractivity contribution in [2.45, 2.75) is 46.1 Å². The maximum Gasteiger partial charge on any atom is 0.0553 e. The average molecular weight is 282 g/mol. The second-order valence-electron chi connectivity index (χ2n) is 6.48. The molecule has 2 aromatic carbocycles. The summed E-state index contributed by atoms with van der Waals surface area (Å²) in [5.41, 5.74) is 9.42. The first-order chi connectivity index (χ1) is 9.87. The standard InChI is InChI=1S/C19H26N2/c1-13-11-15(3)17(12-14(13)2)18(21-20)19(4,5)16-9-7-6-8-10-16/h6-12,18,21H,20H2,1-5H3. The molecule has 2 rings (SSSR count). The van der Waals surface area contributed by atoms with E-state index < -0.39 is 0 Å². The Labute approximate surface area is 128 Å². The minimum atomic E-state index is -0.0948. The van der Waals surface area contributed by atoms with Gasteiger partial charge in [-0.3, -0.25) is 11.3 Å². The highest BCUT2D eigenvalue weighted by molar-refractivity contribution is 5.41. The maximum atomic E-state index is 5.94. The van der Waals surface area contributed by atoms with Gasteiger partial charge in [0.1, 0.15) is 0 Å². The van der Waals surface area contributed by atoms with Gasteiger partial charge in [-0.05, 0) is 48.6 Å². The SMILES string of the molecule is Cc1cc(C)c(C(NN)C(C)(C)c2ccccc2)cc1C. The van der Waals surface area contributed by atoms with Crippen LogP contribution in [0.5, 0.6) is 0 Å². The van der Waals surface area contributed by atoms with Gasteiger partial charge in [0.05, 0.1) is 6.04 Å². The number of hydrogen-bond donors (Lipinski definition) is 2. The molecule has 0 heterocycles. The van der Waals surface area contributed by atoms with Crippen LogP contribution < -0.4 is 11.3 Å². The first-order valence-electron chi connectivity index (χ1n) is 7.47. The van der Waals surface area contributed by atoms with Gasteiger partial charge in [-0.15, -0.1) is 0 Å². The van der Waals surface area contributed by atoms with Crippen LogP contribution in [0.3, 0.4) is 0 Å². The van der Waals surface area contributed by atoms with E-state index in [2.05, 4.69) is 76.4 Å². The number of benzene rings is 2. The summed E-state index contributed by atoms with van der Waals surface area (Å²) < 4.78 is 0. The van der Waals surface area contributed by atoms with Gasteiger partial charge in [-0.1, -0.05) is 56.3 Å². The van der Waals surface area contributed by atoms with Crippen molar-refractivity contribution < 1.29 is 0 Å². The zero-order valence-corrected chi connectivity index (χ0v) is 13.7. The second kappa shape index (κ2) is 6.00. The highest BCUT2D eigenvalue weighted by atomic mass is 15.2. The van der Waals surface area contributed by atoms with Gasteiger partial charge in [0.15, 0.2) is 0 Å². The number of hydrogen-bond acceptors (Lipinski definition) is 2. The van der Waals surface area contributed by atoms with Crippen molar-refractivity contribution >= 4 is 0 Å². The van der Waals surface area contributed by atoms with Crippen molar-refractivity contribution in [3.8, 4) is 0 Å². The molecular formula is C19H26N2. The minimum Gasteiger partial charge on any atom is -0.271 e. The van der Waals surface area contributed by atoms with Crippen LogP contribution in [0.15, 0.2) is 42.5 Å². The average Bonchev–Trinajstić information content (AvgIpc) is 2.46. The molecule has 0 aliphatic heterocycles. The van der Waals surface area contributed by atoms with Crippen LogP contribution in [-0.4, -0.2) is 0 Å². The minimum absolute atomic E-state index is 0.0687. The van der Waals surface area contributed by atoms with E-state index in [0.29, 0.717) is 0 Å². The van der Waals surface area contributed by atoms with E-state index in [9.17, 15) is 0 Å². The first-order valence-corrected chi connectivity index (χ1v) is 7.47. The lowest BCUT2D eigenvalue weighted by molar-refractivity contribution is 0.351. The summed E-state index contributed by atoms with van der Waals surface area (Å²) in [6.45, 7) is 10.9. The molecule has 2 nitrogen and oxygen atoms in total. The predicted octanol–water partition coefficient (Wildman–Crippen LogP) is 4.09. The molecule has 0 saturated carbocycles. The summed E-state index contributed by atoms with van der Waals surface area (Å²) in [6, 6.07) is 15.1. The van der Waals surface area contributed by atoms with Crippen LogP contribution in [-0.2, 0) is 5.41 Å². The summed E-state index contributed by atoms with van der Waals surface area (Å²) in [7, 11) is 0. The van der Waals surface area contributed by atoms with Crippen molar-refractivity contribution in [2.75, 3.05) is 0 Å². The third kappa shape index (κ3) is 3.02. The Bertz CT molecular complexity index is 615. The van der Waals surface area contributed by atoms with Gasteiger partial charge in [0, 0.05) is 5.41 Å². The van der Waals surface area contributed by atoms with E-state index in [4.69, 9.17) is 5.84 Å². The molecule has 21 heavy (non-hydrogen) atoms. The van der Waals surface area contributed by atoms with Crippen molar-refractivity contribution in [3.05, 3.63) is 70.3 Å². The molecule has 0 amide bonds. The molecule has 0 aliphatic rings. The lowest BCUT2D eigenvalue weighted by atomic mass is 9.74. The molecule has 0 spiro atoms.